The normalized spacial score (nSPS) is 24.8. The van der Waals surface area contributed by atoms with Crippen LogP contribution >= 0.6 is 27.5 Å². The molecule has 1 N–H and O–H groups in total. The van der Waals surface area contributed by atoms with E-state index in [1.807, 2.05) is 12.1 Å². The highest BCUT2D eigenvalue weighted by atomic mass is 79.9. The molecule has 1 saturated carbocycles. The van der Waals surface area contributed by atoms with E-state index in [0.717, 1.165) is 22.0 Å². The molecule has 1 aromatic carbocycles. The van der Waals surface area contributed by atoms with Gasteiger partial charge in [0.1, 0.15) is 0 Å². The summed E-state index contributed by atoms with van der Waals surface area (Å²) in [4.78, 5) is 0. The third-order valence-electron chi connectivity index (χ3n) is 3.85. The molecule has 1 fully saturated rings. The maximum absolute atomic E-state index is 6.21. The van der Waals surface area contributed by atoms with Crippen molar-refractivity contribution in [3.8, 4) is 0 Å². The van der Waals surface area contributed by atoms with Crippen LogP contribution in [-0.2, 0) is 6.54 Å². The minimum atomic E-state index is 0.657. The van der Waals surface area contributed by atoms with E-state index in [4.69, 9.17) is 11.6 Å². The Morgan fingerprint density at radius 3 is 2.94 bits per heavy atom. The maximum atomic E-state index is 6.21. The van der Waals surface area contributed by atoms with Crippen molar-refractivity contribution < 1.29 is 0 Å². The Hall–Kier alpha value is -0.0500. The van der Waals surface area contributed by atoms with Gasteiger partial charge in [-0.1, -0.05) is 47.3 Å². The Labute approximate surface area is 123 Å². The summed E-state index contributed by atoms with van der Waals surface area (Å²) in [5.41, 5.74) is 1.18. The number of nitrogens with one attached hydrogen (secondary N) is 1. The predicted molar refractivity (Wildman–Crippen MR) is 82.0 cm³/mol. The molecule has 1 aliphatic carbocycles. The van der Waals surface area contributed by atoms with E-state index in [9.17, 15) is 0 Å². The van der Waals surface area contributed by atoms with Crippen LogP contribution in [0.2, 0.25) is 5.02 Å². The van der Waals surface area contributed by atoms with E-state index in [1.165, 1.54) is 37.7 Å². The zero-order valence-electron chi connectivity index (χ0n) is 10.9. The molecule has 0 bridgehead atoms. The van der Waals surface area contributed by atoms with Crippen LogP contribution in [0.3, 0.4) is 0 Å². The van der Waals surface area contributed by atoms with E-state index in [2.05, 4.69) is 34.2 Å². The molecule has 1 aliphatic rings. The van der Waals surface area contributed by atoms with Gasteiger partial charge in [-0.25, -0.2) is 0 Å². The zero-order chi connectivity index (χ0) is 13.0. The van der Waals surface area contributed by atoms with Crippen LogP contribution in [0, 0.1) is 5.92 Å². The summed E-state index contributed by atoms with van der Waals surface area (Å²) in [5.74, 6) is 0.895. The first-order valence-corrected chi connectivity index (χ1v) is 7.99. The zero-order valence-corrected chi connectivity index (χ0v) is 13.2. The van der Waals surface area contributed by atoms with Crippen molar-refractivity contribution in [1.29, 1.82) is 0 Å². The summed E-state index contributed by atoms with van der Waals surface area (Å²) in [6, 6.07) is 6.70. The Balaban J connectivity index is 1.88. The molecule has 100 valence electrons. The van der Waals surface area contributed by atoms with E-state index < -0.39 is 0 Å². The van der Waals surface area contributed by atoms with E-state index in [1.54, 1.807) is 0 Å². The minimum absolute atomic E-state index is 0.657. The van der Waals surface area contributed by atoms with Crippen LogP contribution in [0.15, 0.2) is 22.7 Å². The van der Waals surface area contributed by atoms with Crippen molar-refractivity contribution in [1.82, 2.24) is 5.32 Å². The van der Waals surface area contributed by atoms with Crippen molar-refractivity contribution in [2.24, 2.45) is 5.92 Å². The van der Waals surface area contributed by atoms with Crippen LogP contribution < -0.4 is 5.32 Å². The lowest BCUT2D eigenvalue weighted by atomic mass is 10.0. The second-order valence-electron chi connectivity index (χ2n) is 5.43. The lowest BCUT2D eigenvalue weighted by Crippen LogP contribution is -2.28. The van der Waals surface area contributed by atoms with E-state index >= 15 is 0 Å². The molecule has 0 radical (unpaired) electrons. The van der Waals surface area contributed by atoms with Gasteiger partial charge in [-0.3, -0.25) is 0 Å². The van der Waals surface area contributed by atoms with Gasteiger partial charge in [0, 0.05) is 22.1 Å². The molecule has 0 aromatic heterocycles. The summed E-state index contributed by atoms with van der Waals surface area (Å²) >= 11 is 9.70. The van der Waals surface area contributed by atoms with Crippen LogP contribution in [0.1, 0.15) is 44.6 Å². The minimum Gasteiger partial charge on any atom is -0.310 e. The monoisotopic (exact) mass is 329 g/mol. The molecular formula is C15H21BrClN. The molecule has 0 spiro atoms. The number of hydrogen-bond donors (Lipinski definition) is 1. The van der Waals surface area contributed by atoms with Gasteiger partial charge in [-0.15, -0.1) is 0 Å². The molecule has 3 heteroatoms. The van der Waals surface area contributed by atoms with Gasteiger partial charge in [0.15, 0.2) is 0 Å². The first kappa shape index (κ1) is 14.4. The molecule has 0 saturated heterocycles. The molecule has 0 heterocycles. The average Bonchev–Trinajstić information content (AvgIpc) is 2.55. The second kappa shape index (κ2) is 6.93. The molecule has 0 aliphatic heterocycles. The Kier molecular flexibility index (Phi) is 5.53. The van der Waals surface area contributed by atoms with Gasteiger partial charge in [-0.2, -0.15) is 0 Å². The van der Waals surface area contributed by atoms with Crippen molar-refractivity contribution in [2.45, 2.75) is 51.6 Å². The lowest BCUT2D eigenvalue weighted by Gasteiger charge is -2.17. The van der Waals surface area contributed by atoms with E-state index in [-0.39, 0.29) is 0 Å². The first-order valence-electron chi connectivity index (χ1n) is 6.82. The fourth-order valence-electron chi connectivity index (χ4n) is 2.62. The van der Waals surface area contributed by atoms with Crippen LogP contribution in [-0.4, -0.2) is 6.04 Å². The Bertz CT molecular complexity index is 394. The number of rotatable bonds is 3. The van der Waals surface area contributed by atoms with Gasteiger partial charge < -0.3 is 5.32 Å². The smallest absolute Gasteiger partial charge is 0.0451 e. The number of benzene rings is 1. The van der Waals surface area contributed by atoms with Gasteiger partial charge in [0.2, 0.25) is 0 Å². The molecule has 1 nitrogen and oxygen atoms in total. The van der Waals surface area contributed by atoms with Gasteiger partial charge >= 0.3 is 0 Å². The maximum Gasteiger partial charge on any atom is 0.0451 e. The quantitative estimate of drug-likeness (QED) is 0.755. The molecule has 2 atom stereocenters. The molecular weight excluding hydrogens is 310 g/mol. The highest BCUT2D eigenvalue weighted by Crippen LogP contribution is 2.24. The van der Waals surface area contributed by atoms with Gasteiger partial charge in [0.05, 0.1) is 0 Å². The number of halogens is 2. The first-order chi connectivity index (χ1) is 8.65. The average molecular weight is 331 g/mol. The van der Waals surface area contributed by atoms with Crippen LogP contribution in [0.25, 0.3) is 0 Å². The Morgan fingerprint density at radius 1 is 1.28 bits per heavy atom. The van der Waals surface area contributed by atoms with Crippen molar-refractivity contribution >= 4 is 27.5 Å². The standard InChI is InChI=1S/C15H21BrClN/c1-11-3-2-4-14(7-5-11)18-10-12-9-13(16)6-8-15(12)17/h6,8-9,11,14,18H,2-5,7,10H2,1H3. The second-order valence-corrected chi connectivity index (χ2v) is 6.75. The summed E-state index contributed by atoms with van der Waals surface area (Å²) in [6.07, 6.45) is 6.69. The van der Waals surface area contributed by atoms with Crippen LogP contribution in [0.5, 0.6) is 0 Å². The third-order valence-corrected chi connectivity index (χ3v) is 4.71. The van der Waals surface area contributed by atoms with Crippen molar-refractivity contribution in [2.75, 3.05) is 0 Å². The van der Waals surface area contributed by atoms with Crippen LogP contribution in [0.4, 0.5) is 0 Å². The van der Waals surface area contributed by atoms with Crippen molar-refractivity contribution in [3.05, 3.63) is 33.3 Å². The highest BCUT2D eigenvalue weighted by Gasteiger charge is 2.15. The number of hydrogen-bond acceptors (Lipinski definition) is 1. The fourth-order valence-corrected chi connectivity index (χ4v) is 3.22. The largest absolute Gasteiger partial charge is 0.310 e. The Morgan fingerprint density at radius 2 is 2.11 bits per heavy atom. The summed E-state index contributed by atoms with van der Waals surface area (Å²) in [6.45, 7) is 3.24. The summed E-state index contributed by atoms with van der Waals surface area (Å²) in [7, 11) is 0. The topological polar surface area (TPSA) is 12.0 Å². The van der Waals surface area contributed by atoms with Gasteiger partial charge in [0.25, 0.3) is 0 Å². The fraction of sp³-hybridized carbons (Fsp3) is 0.600. The SMILES string of the molecule is CC1CCCC(NCc2cc(Br)ccc2Cl)CC1. The lowest BCUT2D eigenvalue weighted by molar-refractivity contribution is 0.447. The van der Waals surface area contributed by atoms with E-state index in [0.29, 0.717) is 6.04 Å². The molecule has 0 amide bonds. The molecule has 2 rings (SSSR count). The summed E-state index contributed by atoms with van der Waals surface area (Å²) < 4.78 is 1.10. The molecule has 1 aromatic rings. The molecule has 2 unspecified atom stereocenters. The summed E-state index contributed by atoms with van der Waals surface area (Å²) in [5, 5.41) is 4.52. The van der Waals surface area contributed by atoms with Crippen molar-refractivity contribution in [3.63, 3.8) is 0 Å². The highest BCUT2D eigenvalue weighted by molar-refractivity contribution is 9.10. The predicted octanol–water partition coefficient (Wildman–Crippen LogP) is 5.16. The van der Waals surface area contributed by atoms with Gasteiger partial charge in [-0.05, 0) is 48.9 Å². The molecule has 18 heavy (non-hydrogen) atoms. The third kappa shape index (κ3) is 4.25.